The van der Waals surface area contributed by atoms with Crippen LogP contribution in [0.1, 0.15) is 146 Å². The molecule has 0 saturated heterocycles. The van der Waals surface area contributed by atoms with Gasteiger partial charge in [-0.05, 0) is 140 Å². The molecular weight excluding hydrogens is 1040 g/mol. The standard InChI is InChI=1S/C56H84F5N7O9S/c1-36(2)48(62)50(71)66-45(16-13-28-64-51(63)72)49(70)65-40-19-17-37(18-20-40)35-76-52(73)67(4)29-30-68(5)53(74)77-41-21-22-42-39(34-41)33-38(47-43(42)25-27-54(3)44(47)23-24-46(54)69)15-11-9-7-6-8-10-12-31-78(75)32-14-26-55(57,58)56(59,60)61/h17-22,34,36,38,43-48,69H,6-16,23-33,35,62H2,1-5H3,(H,65,70)(H,66,71)(H3,63,64,72)/t38-,43-,44+,45+,46+,47-,48+,54+,78?/m1/s1. The molecule has 0 heterocycles. The van der Waals surface area contributed by atoms with Gasteiger partial charge in [0.15, 0.2) is 0 Å². The lowest BCUT2D eigenvalue weighted by Gasteiger charge is -2.53. The molecule has 3 aliphatic carbocycles. The number of fused-ring (bicyclic) bond motifs is 5. The van der Waals surface area contributed by atoms with Crippen molar-refractivity contribution in [3.05, 3.63) is 59.2 Å². The molecule has 1 unspecified atom stereocenters. The van der Waals surface area contributed by atoms with E-state index in [4.69, 9.17) is 20.9 Å². The molecule has 9 atom stereocenters. The highest BCUT2D eigenvalue weighted by atomic mass is 32.2. The van der Waals surface area contributed by atoms with Crippen molar-refractivity contribution < 1.29 is 64.7 Å². The molecule has 2 fully saturated rings. The van der Waals surface area contributed by atoms with Gasteiger partial charge in [-0.2, -0.15) is 22.0 Å². The quantitative estimate of drug-likeness (QED) is 0.0333. The van der Waals surface area contributed by atoms with Gasteiger partial charge in [0.05, 0.1) is 12.1 Å². The highest BCUT2D eigenvalue weighted by molar-refractivity contribution is 7.84. The minimum Gasteiger partial charge on any atom is -0.445 e. The van der Waals surface area contributed by atoms with Crippen LogP contribution in [0.2, 0.25) is 0 Å². The zero-order chi connectivity index (χ0) is 57.4. The Morgan fingerprint density at radius 1 is 0.846 bits per heavy atom. The number of hydrogen-bond donors (Lipinski definition) is 6. The predicted molar refractivity (Wildman–Crippen MR) is 289 cm³/mol. The summed E-state index contributed by atoms with van der Waals surface area (Å²) in [5.41, 5.74) is 14.6. The SMILES string of the molecule is CC(C)[C@H](N)C(=O)N[C@@H](CCCNC(N)=O)C(=O)Nc1ccc(COC(=O)N(C)CCN(C)C(=O)Oc2ccc3c(c2)C[C@@H](CCCCCCCCCS(=O)CCCC(F)(F)C(F)(F)F)[C@@H]2[C@@H]3CC[C@]3(C)[C@@H](O)CC[C@@H]23)cc1. The highest BCUT2D eigenvalue weighted by Crippen LogP contribution is 2.63. The lowest BCUT2D eigenvalue weighted by Crippen LogP contribution is -2.51. The third-order valence-electron chi connectivity index (χ3n) is 16.4. The average Bonchev–Trinajstić information content (AvgIpc) is 3.76. The Morgan fingerprint density at radius 2 is 1.49 bits per heavy atom. The number of carbonyl (C=O) groups is 5. The van der Waals surface area contributed by atoms with E-state index in [9.17, 15) is 55.2 Å². The van der Waals surface area contributed by atoms with Crippen molar-refractivity contribution in [1.29, 1.82) is 0 Å². The number of primary amides is 1. The van der Waals surface area contributed by atoms with Crippen LogP contribution in [0.25, 0.3) is 0 Å². The van der Waals surface area contributed by atoms with Gasteiger partial charge in [0.2, 0.25) is 11.8 Å². The number of anilines is 1. The minimum atomic E-state index is -5.59. The minimum absolute atomic E-state index is 0.0621. The lowest BCUT2D eigenvalue weighted by molar-refractivity contribution is -0.284. The van der Waals surface area contributed by atoms with Crippen molar-refractivity contribution in [1.82, 2.24) is 20.4 Å². The number of urea groups is 1. The second kappa shape index (κ2) is 29.4. The number of aliphatic hydroxyl groups excluding tert-OH is 1. The van der Waals surface area contributed by atoms with Gasteiger partial charge in [0.1, 0.15) is 18.4 Å². The van der Waals surface area contributed by atoms with E-state index in [-0.39, 0.29) is 55.9 Å². The molecule has 0 aromatic heterocycles. The maximum absolute atomic E-state index is 13.4. The zero-order valence-electron chi connectivity index (χ0n) is 46.0. The third-order valence-corrected chi connectivity index (χ3v) is 17.8. The summed E-state index contributed by atoms with van der Waals surface area (Å²) in [6.45, 7) is 6.33. The molecule has 8 N–H and O–H groups in total. The molecular formula is C56H84F5N7O9S. The van der Waals surface area contributed by atoms with Crippen LogP contribution in [0.3, 0.4) is 0 Å². The van der Waals surface area contributed by atoms with Gasteiger partial charge >= 0.3 is 30.3 Å². The van der Waals surface area contributed by atoms with Crippen molar-refractivity contribution in [2.75, 3.05) is 50.6 Å². The Kier molecular flexibility index (Phi) is 24.0. The predicted octanol–water partition coefficient (Wildman–Crippen LogP) is 9.53. The summed E-state index contributed by atoms with van der Waals surface area (Å²) in [5, 5.41) is 19.1. The van der Waals surface area contributed by atoms with E-state index >= 15 is 0 Å². The van der Waals surface area contributed by atoms with Crippen molar-refractivity contribution in [3.8, 4) is 5.75 Å². The fourth-order valence-corrected chi connectivity index (χ4v) is 12.7. The Morgan fingerprint density at radius 3 is 2.14 bits per heavy atom. The second-order valence-electron chi connectivity index (χ2n) is 22.4. The molecule has 78 heavy (non-hydrogen) atoms. The Bertz CT molecular complexity index is 2330. The van der Waals surface area contributed by atoms with Gasteiger partial charge in [-0.3, -0.25) is 13.8 Å². The smallest absolute Gasteiger partial charge is 0.445 e. The fraction of sp³-hybridized carbons (Fsp3) is 0.696. The van der Waals surface area contributed by atoms with E-state index in [1.165, 1.54) is 20.9 Å². The molecule has 0 bridgehead atoms. The molecule has 2 aromatic rings. The number of rotatable bonds is 29. The van der Waals surface area contributed by atoms with Gasteiger partial charge < -0.3 is 51.8 Å². The van der Waals surface area contributed by atoms with Crippen molar-refractivity contribution >= 4 is 46.5 Å². The molecule has 0 spiro atoms. The first-order valence-electron chi connectivity index (χ1n) is 27.7. The first kappa shape index (κ1) is 63.7. The van der Waals surface area contributed by atoms with Crippen molar-refractivity contribution in [3.63, 3.8) is 0 Å². The Hall–Kier alpha value is -5.09. The monoisotopic (exact) mass is 1130 g/mol. The number of likely N-dealkylation sites (N-methyl/N-ethyl adjacent to an activating group) is 2. The largest absolute Gasteiger partial charge is 0.453 e. The van der Waals surface area contributed by atoms with Crippen LogP contribution in [0.5, 0.6) is 5.75 Å². The average molecular weight is 1130 g/mol. The van der Waals surface area contributed by atoms with Gasteiger partial charge in [-0.25, -0.2) is 14.4 Å². The van der Waals surface area contributed by atoms with Crippen LogP contribution in [0.4, 0.5) is 42.0 Å². The molecule has 0 aliphatic heterocycles. The number of alkyl halides is 5. The number of ether oxygens (including phenoxy) is 2. The topological polar surface area (TPSA) is 236 Å². The van der Waals surface area contributed by atoms with E-state index in [0.717, 1.165) is 77.0 Å². The Labute approximate surface area is 458 Å². The third kappa shape index (κ3) is 18.2. The summed E-state index contributed by atoms with van der Waals surface area (Å²) in [6, 6.07) is 10.2. The molecule has 3 aliphatic rings. The summed E-state index contributed by atoms with van der Waals surface area (Å²) in [6.07, 6.45) is 3.83. The molecule has 438 valence electrons. The van der Waals surface area contributed by atoms with Crippen LogP contribution >= 0.6 is 0 Å². The van der Waals surface area contributed by atoms with E-state index in [1.807, 2.05) is 12.1 Å². The normalized spacial score (nSPS) is 22.0. The summed E-state index contributed by atoms with van der Waals surface area (Å²) in [7, 11) is 1.74. The number of nitrogens with one attached hydrogen (secondary N) is 3. The summed E-state index contributed by atoms with van der Waals surface area (Å²) in [4.78, 5) is 66.1. The van der Waals surface area contributed by atoms with Gasteiger partial charge in [0.25, 0.3) is 0 Å². The van der Waals surface area contributed by atoms with Crippen LogP contribution < -0.4 is 32.2 Å². The highest BCUT2D eigenvalue weighted by Gasteiger charge is 2.57. The number of benzene rings is 2. The lowest BCUT2D eigenvalue weighted by atomic mass is 9.52. The van der Waals surface area contributed by atoms with E-state index in [2.05, 4.69) is 28.9 Å². The van der Waals surface area contributed by atoms with Crippen LogP contribution in [0.15, 0.2) is 42.5 Å². The summed E-state index contributed by atoms with van der Waals surface area (Å²) >= 11 is 0. The van der Waals surface area contributed by atoms with Gasteiger partial charge in [-0.1, -0.05) is 77.5 Å². The second-order valence-corrected chi connectivity index (χ2v) is 24.1. The molecule has 0 radical (unpaired) electrons. The van der Waals surface area contributed by atoms with Crippen molar-refractivity contribution in [2.24, 2.45) is 40.6 Å². The van der Waals surface area contributed by atoms with Gasteiger partial charge in [0, 0.05) is 68.1 Å². The fourth-order valence-electron chi connectivity index (χ4n) is 11.5. The van der Waals surface area contributed by atoms with Crippen molar-refractivity contribution in [2.45, 2.75) is 173 Å². The van der Waals surface area contributed by atoms with E-state index < -0.39 is 77.9 Å². The number of carbonyl (C=O) groups excluding carboxylic acids is 5. The molecule has 16 nitrogen and oxygen atoms in total. The molecule has 6 amide bonds. The number of halogens is 5. The number of hydrogen-bond acceptors (Lipinski definition) is 10. The summed E-state index contributed by atoms with van der Waals surface area (Å²) < 4.78 is 87.2. The number of aliphatic hydroxyl groups is 1. The van der Waals surface area contributed by atoms with Crippen LogP contribution in [0, 0.1) is 29.1 Å². The number of nitrogens with zero attached hydrogens (tertiary/aromatic N) is 2. The van der Waals surface area contributed by atoms with E-state index in [0.29, 0.717) is 59.3 Å². The molecule has 2 saturated carbocycles. The molecule has 2 aromatic carbocycles. The number of amides is 6. The number of nitrogens with two attached hydrogens (primary N) is 2. The van der Waals surface area contributed by atoms with Crippen LogP contribution in [-0.4, -0.2) is 125 Å². The molecule has 5 rings (SSSR count). The molecule has 22 heteroatoms. The van der Waals surface area contributed by atoms with Crippen LogP contribution in [-0.2, 0) is 38.2 Å². The first-order chi connectivity index (χ1) is 36.8. The van der Waals surface area contributed by atoms with Gasteiger partial charge in [-0.15, -0.1) is 0 Å². The maximum atomic E-state index is 13.4. The Balaban J connectivity index is 1.06. The zero-order valence-corrected chi connectivity index (χ0v) is 46.8. The summed E-state index contributed by atoms with van der Waals surface area (Å²) in [5.74, 6) is -3.70. The van der Waals surface area contributed by atoms with E-state index in [1.54, 1.807) is 52.2 Å². The number of unbranched alkanes of at least 4 members (excludes halogenated alkanes) is 6. The maximum Gasteiger partial charge on any atom is 0.453 e. The first-order valence-corrected chi connectivity index (χ1v) is 29.2.